The van der Waals surface area contributed by atoms with Crippen LogP contribution in [-0.2, 0) is 0 Å². The summed E-state index contributed by atoms with van der Waals surface area (Å²) in [7, 11) is 0. The zero-order valence-corrected chi connectivity index (χ0v) is 11.4. The Balaban J connectivity index is 1.70. The van der Waals surface area contributed by atoms with Gasteiger partial charge in [-0.2, -0.15) is 0 Å². The number of carbonyl (C=O) groups is 1. The summed E-state index contributed by atoms with van der Waals surface area (Å²) in [6.45, 7) is 1.69. The van der Waals surface area contributed by atoms with Crippen molar-refractivity contribution in [1.82, 2.24) is 10.2 Å². The molecule has 3 rings (SSSR count). The number of nitro groups is 1. The number of likely N-dealkylation sites (tertiary alicyclic amines) is 1. The van der Waals surface area contributed by atoms with Crippen molar-refractivity contribution < 1.29 is 14.1 Å². The van der Waals surface area contributed by atoms with Crippen LogP contribution < -0.4 is 5.32 Å². The molecule has 0 aromatic heterocycles. The van der Waals surface area contributed by atoms with Crippen LogP contribution in [0.25, 0.3) is 0 Å². The molecule has 1 saturated carbocycles. The number of rotatable bonds is 4. The zero-order chi connectivity index (χ0) is 15.0. The standard InChI is InChI=1S/C14H16FN3O3/c15-9-1-4-13(18(20)21)12(7-9)14(19)16-10-5-6-17(8-10)11-2-3-11/h1,4,7,10-11H,2-3,5-6,8H2,(H,16,19). The highest BCUT2D eigenvalue weighted by Gasteiger charge is 2.35. The average molecular weight is 293 g/mol. The fraction of sp³-hybridized carbons (Fsp3) is 0.500. The molecule has 0 spiro atoms. The molecule has 6 nitrogen and oxygen atoms in total. The van der Waals surface area contributed by atoms with Gasteiger partial charge in [0.1, 0.15) is 11.4 Å². The number of nitrogens with zero attached hydrogens (tertiary/aromatic N) is 2. The van der Waals surface area contributed by atoms with Crippen LogP contribution in [-0.4, -0.2) is 40.9 Å². The first kappa shape index (κ1) is 13.9. The van der Waals surface area contributed by atoms with Crippen molar-refractivity contribution in [2.45, 2.75) is 31.3 Å². The molecule has 0 bridgehead atoms. The summed E-state index contributed by atoms with van der Waals surface area (Å²) < 4.78 is 13.2. The maximum absolute atomic E-state index is 13.2. The Bertz CT molecular complexity index is 589. The quantitative estimate of drug-likeness (QED) is 0.677. The van der Waals surface area contributed by atoms with Gasteiger partial charge in [-0.15, -0.1) is 0 Å². The third-order valence-corrected chi connectivity index (χ3v) is 4.02. The Morgan fingerprint density at radius 3 is 2.81 bits per heavy atom. The van der Waals surface area contributed by atoms with Gasteiger partial charge in [0.25, 0.3) is 11.6 Å². The third-order valence-electron chi connectivity index (χ3n) is 4.02. The third kappa shape index (κ3) is 3.02. The molecule has 1 amide bonds. The van der Waals surface area contributed by atoms with E-state index >= 15 is 0 Å². The van der Waals surface area contributed by atoms with Gasteiger partial charge in [-0.25, -0.2) is 4.39 Å². The van der Waals surface area contributed by atoms with E-state index < -0.39 is 16.6 Å². The first-order valence-corrected chi connectivity index (χ1v) is 7.03. The number of hydrogen-bond donors (Lipinski definition) is 1. The van der Waals surface area contributed by atoms with Crippen molar-refractivity contribution in [3.8, 4) is 0 Å². The lowest BCUT2D eigenvalue weighted by molar-refractivity contribution is -0.385. The van der Waals surface area contributed by atoms with Crippen molar-refractivity contribution in [1.29, 1.82) is 0 Å². The van der Waals surface area contributed by atoms with Gasteiger partial charge in [-0.3, -0.25) is 19.8 Å². The van der Waals surface area contributed by atoms with Crippen LogP contribution in [0.4, 0.5) is 10.1 Å². The molecular weight excluding hydrogens is 277 g/mol. The van der Waals surface area contributed by atoms with Crippen LogP contribution in [0.2, 0.25) is 0 Å². The molecule has 1 aromatic carbocycles. The Hall–Kier alpha value is -2.02. The van der Waals surface area contributed by atoms with Crippen molar-refractivity contribution in [2.75, 3.05) is 13.1 Å². The normalized spacial score (nSPS) is 22.2. The van der Waals surface area contributed by atoms with Gasteiger partial charge in [0.2, 0.25) is 0 Å². The van der Waals surface area contributed by atoms with E-state index in [9.17, 15) is 19.3 Å². The van der Waals surface area contributed by atoms with Crippen LogP contribution >= 0.6 is 0 Å². The van der Waals surface area contributed by atoms with Gasteiger partial charge in [0, 0.05) is 31.2 Å². The van der Waals surface area contributed by atoms with Crippen molar-refractivity contribution >= 4 is 11.6 Å². The molecule has 1 saturated heterocycles. The summed E-state index contributed by atoms with van der Waals surface area (Å²) in [6.07, 6.45) is 3.23. The van der Waals surface area contributed by atoms with Crippen LogP contribution in [0, 0.1) is 15.9 Å². The van der Waals surface area contributed by atoms with Crippen LogP contribution in [0.3, 0.4) is 0 Å². The van der Waals surface area contributed by atoms with Crippen molar-refractivity contribution in [2.24, 2.45) is 0 Å². The largest absolute Gasteiger partial charge is 0.348 e. The van der Waals surface area contributed by atoms with E-state index in [1.54, 1.807) is 0 Å². The van der Waals surface area contributed by atoms with E-state index in [0.717, 1.165) is 37.7 Å². The highest BCUT2D eigenvalue weighted by atomic mass is 19.1. The second-order valence-electron chi connectivity index (χ2n) is 5.60. The second-order valence-corrected chi connectivity index (χ2v) is 5.60. The highest BCUT2D eigenvalue weighted by Crippen LogP contribution is 2.30. The molecule has 2 fully saturated rings. The molecular formula is C14H16FN3O3. The van der Waals surface area contributed by atoms with E-state index in [2.05, 4.69) is 10.2 Å². The molecule has 1 unspecified atom stereocenters. The van der Waals surface area contributed by atoms with Crippen molar-refractivity contribution in [3.63, 3.8) is 0 Å². The number of halogens is 1. The molecule has 21 heavy (non-hydrogen) atoms. The van der Waals surface area contributed by atoms with Crippen LogP contribution in [0.1, 0.15) is 29.6 Å². The number of hydrogen-bond acceptors (Lipinski definition) is 4. The lowest BCUT2D eigenvalue weighted by Crippen LogP contribution is -2.37. The smallest absolute Gasteiger partial charge is 0.282 e. The summed E-state index contributed by atoms with van der Waals surface area (Å²) in [5.41, 5.74) is -0.587. The second kappa shape index (κ2) is 5.40. The molecule has 0 radical (unpaired) electrons. The van der Waals surface area contributed by atoms with E-state index in [1.165, 1.54) is 12.8 Å². The van der Waals surface area contributed by atoms with E-state index in [0.29, 0.717) is 6.04 Å². The Morgan fingerprint density at radius 2 is 2.14 bits per heavy atom. The van der Waals surface area contributed by atoms with Crippen LogP contribution in [0.5, 0.6) is 0 Å². The Morgan fingerprint density at radius 1 is 1.38 bits per heavy atom. The minimum absolute atomic E-state index is 0.0269. The number of nitrogens with one attached hydrogen (secondary N) is 1. The minimum Gasteiger partial charge on any atom is -0.348 e. The summed E-state index contributed by atoms with van der Waals surface area (Å²) in [4.78, 5) is 24.7. The monoisotopic (exact) mass is 293 g/mol. The molecule has 1 aliphatic heterocycles. The maximum atomic E-state index is 13.2. The predicted molar refractivity (Wildman–Crippen MR) is 73.5 cm³/mol. The Labute approximate surface area is 121 Å². The molecule has 1 aromatic rings. The summed E-state index contributed by atoms with van der Waals surface area (Å²) in [5, 5.41) is 13.7. The highest BCUT2D eigenvalue weighted by molar-refractivity contribution is 5.98. The SMILES string of the molecule is O=C(NC1CCN(C2CC2)C1)c1cc(F)ccc1[N+](=O)[O-]. The molecule has 7 heteroatoms. The number of benzene rings is 1. The number of nitro benzene ring substituents is 1. The van der Waals surface area contributed by atoms with Gasteiger partial charge in [-0.05, 0) is 31.4 Å². The summed E-state index contributed by atoms with van der Waals surface area (Å²) in [6, 6.07) is 3.53. The van der Waals surface area contributed by atoms with E-state index in [4.69, 9.17) is 0 Å². The van der Waals surface area contributed by atoms with Gasteiger partial charge in [0.15, 0.2) is 0 Å². The first-order chi connectivity index (χ1) is 10.0. The van der Waals surface area contributed by atoms with Gasteiger partial charge in [0.05, 0.1) is 4.92 Å². The first-order valence-electron chi connectivity index (χ1n) is 7.03. The van der Waals surface area contributed by atoms with E-state index in [-0.39, 0.29) is 17.3 Å². The molecule has 2 aliphatic rings. The predicted octanol–water partition coefficient (Wildman–Crippen LogP) is 1.70. The summed E-state index contributed by atoms with van der Waals surface area (Å²) in [5.74, 6) is -1.24. The molecule has 1 N–H and O–H groups in total. The fourth-order valence-corrected chi connectivity index (χ4v) is 2.79. The lowest BCUT2D eigenvalue weighted by atomic mass is 10.1. The molecule has 1 heterocycles. The average Bonchev–Trinajstić information content (AvgIpc) is 3.19. The minimum atomic E-state index is -0.667. The topological polar surface area (TPSA) is 75.5 Å². The molecule has 1 atom stereocenters. The fourth-order valence-electron chi connectivity index (χ4n) is 2.79. The van der Waals surface area contributed by atoms with Crippen molar-refractivity contribution in [3.05, 3.63) is 39.7 Å². The summed E-state index contributed by atoms with van der Waals surface area (Å²) >= 11 is 0. The van der Waals surface area contributed by atoms with Gasteiger partial charge >= 0.3 is 0 Å². The Kier molecular flexibility index (Phi) is 3.59. The molecule has 112 valence electrons. The van der Waals surface area contributed by atoms with Gasteiger partial charge in [-0.1, -0.05) is 0 Å². The number of carbonyl (C=O) groups excluding carboxylic acids is 1. The number of amides is 1. The molecule has 1 aliphatic carbocycles. The van der Waals surface area contributed by atoms with Crippen LogP contribution in [0.15, 0.2) is 18.2 Å². The van der Waals surface area contributed by atoms with Gasteiger partial charge < -0.3 is 5.32 Å². The zero-order valence-electron chi connectivity index (χ0n) is 11.4. The van der Waals surface area contributed by atoms with E-state index in [1.807, 2.05) is 0 Å². The lowest BCUT2D eigenvalue weighted by Gasteiger charge is -2.15. The maximum Gasteiger partial charge on any atom is 0.282 e.